The van der Waals surface area contributed by atoms with Gasteiger partial charge in [-0.25, -0.2) is 67.1 Å². The van der Waals surface area contributed by atoms with E-state index in [1.54, 1.807) is 90.5 Å². The number of amides is 4. The van der Waals surface area contributed by atoms with Gasteiger partial charge in [-0.05, 0) is 195 Å². The molecule has 638 valence electrons. The van der Waals surface area contributed by atoms with Crippen molar-refractivity contribution in [3.8, 4) is 22.7 Å². The molecule has 5 N–H and O–H groups in total. The van der Waals surface area contributed by atoms with Crippen LogP contribution in [0, 0.1) is 45.1 Å². The number of aliphatic hydroxyl groups is 1. The van der Waals surface area contributed by atoms with E-state index in [0.717, 1.165) is 77.4 Å². The largest absolute Gasteiger partial charge is 0.396 e. The number of benzene rings is 4. The minimum Gasteiger partial charge on any atom is -0.396 e. The number of aromatic nitrogens is 12. The Morgan fingerprint density at radius 2 is 0.810 bits per heavy atom. The Morgan fingerprint density at radius 3 is 1.18 bits per heavy atom. The smallest absolute Gasteiger partial charge is 0.255 e. The van der Waals surface area contributed by atoms with Crippen molar-refractivity contribution < 1.29 is 62.7 Å². The van der Waals surface area contributed by atoms with Gasteiger partial charge in [0.1, 0.15) is 5.82 Å². The van der Waals surface area contributed by atoms with Crippen LogP contribution >= 0.6 is 50.7 Å². The summed E-state index contributed by atoms with van der Waals surface area (Å²) in [4.78, 5) is 68.1. The van der Waals surface area contributed by atoms with Gasteiger partial charge in [0.2, 0.25) is 0 Å². The number of hydrogen-bond donors (Lipinski definition) is 5. The highest BCUT2D eigenvalue weighted by molar-refractivity contribution is 9.10. The van der Waals surface area contributed by atoms with Crippen molar-refractivity contribution >= 4 is 104 Å². The van der Waals surface area contributed by atoms with Crippen LogP contribution in [0.3, 0.4) is 0 Å². The molecule has 3 unspecified atom stereocenters. The highest BCUT2D eigenvalue weighted by atomic mass is 79.9. The molecule has 4 amide bonds. The molecule has 0 saturated carbocycles. The van der Waals surface area contributed by atoms with Crippen LogP contribution in [-0.4, -0.2) is 138 Å². The van der Waals surface area contributed by atoms with Crippen LogP contribution in [0.25, 0.3) is 22.7 Å². The topological polar surface area (TPSA) is 362 Å². The van der Waals surface area contributed by atoms with Gasteiger partial charge in [0.05, 0.1) is 132 Å². The molecule has 4 aromatic carbocycles. The zero-order chi connectivity index (χ0) is 88.2. The van der Waals surface area contributed by atoms with Gasteiger partial charge in [-0.15, -0.1) is 0 Å². The van der Waals surface area contributed by atoms with Crippen LogP contribution in [-0.2, 0) is 29.5 Å². The van der Waals surface area contributed by atoms with Crippen molar-refractivity contribution in [2.24, 2.45) is 0 Å². The van der Waals surface area contributed by atoms with E-state index in [1.165, 1.54) is 82.9 Å². The Bertz CT molecular complexity index is 6010. The molecule has 0 aliphatic heterocycles. The summed E-state index contributed by atoms with van der Waals surface area (Å²) in [5.41, 5.74) is 9.37. The number of pyridine rings is 4. The lowest BCUT2D eigenvalue weighted by Crippen LogP contribution is -2.29. The van der Waals surface area contributed by atoms with Gasteiger partial charge in [0.25, 0.3) is 23.6 Å². The van der Waals surface area contributed by atoms with Gasteiger partial charge in [-0.1, -0.05) is 93.9 Å². The molecular formula is C84H89BrCl3F3N16O11S3. The van der Waals surface area contributed by atoms with Crippen molar-refractivity contribution in [1.29, 1.82) is 0 Å². The highest BCUT2D eigenvalue weighted by Crippen LogP contribution is 2.30. The van der Waals surface area contributed by atoms with Crippen molar-refractivity contribution in [2.45, 2.75) is 146 Å². The average molecular weight is 1840 g/mol. The molecule has 4 atom stereocenters. The van der Waals surface area contributed by atoms with E-state index in [1.807, 2.05) is 71.9 Å². The number of halogens is 7. The first-order valence-corrected chi connectivity index (χ1v) is 45.4. The zero-order valence-corrected chi connectivity index (χ0v) is 73.8. The Morgan fingerprint density at radius 1 is 0.430 bits per heavy atom. The zero-order valence-electron chi connectivity index (χ0n) is 67.5. The quantitative estimate of drug-likeness (QED) is 0.0291. The minimum atomic E-state index is -3.55. The number of nitrogens with zero attached hydrogens (tertiary/aromatic N) is 12. The van der Waals surface area contributed by atoms with Crippen LogP contribution in [0.5, 0.6) is 0 Å². The van der Waals surface area contributed by atoms with Crippen LogP contribution in [0.2, 0.25) is 15.1 Å². The van der Waals surface area contributed by atoms with Gasteiger partial charge >= 0.3 is 0 Å². The lowest BCUT2D eigenvalue weighted by molar-refractivity contribution is 0.0925. The number of carbonyl (C=O) groups is 4. The van der Waals surface area contributed by atoms with Crippen molar-refractivity contribution in [3.05, 3.63) is 288 Å². The molecule has 8 heterocycles. The maximum atomic E-state index is 13.8. The van der Waals surface area contributed by atoms with E-state index < -0.39 is 58.9 Å². The molecule has 0 saturated heterocycles. The molecular weight excluding hydrogens is 1750 g/mol. The Hall–Kier alpha value is -10.9. The molecule has 0 fully saturated rings. The lowest BCUT2D eigenvalue weighted by atomic mass is 10.0. The third-order valence-electron chi connectivity index (χ3n) is 19.1. The fourth-order valence-corrected chi connectivity index (χ4v) is 15.7. The summed E-state index contributed by atoms with van der Waals surface area (Å²) in [5.74, 6) is -3.92. The molecule has 0 radical (unpaired) electrons. The SMILES string of the molecule is CCCC(NC(=O)c1cnn(-c2ccc(Cl)c(F)c2)c1C)c1cncc(S(C)(=O)=O)c1.CCCC(NC(=O)c1cnn(-c2ccc(Cl)cc2)c1C)c1ccc(S(=O)(=O)CCCO)nc1.CCCC(NC(=O)c1cnn(-c2ccc(F)c(F)c2)c1C)c1ccc(S(C)(=O)=O)nc1.CC[C@H](NC(=O)c1cnn(-c2ccc(Cl)cc2)c1C)c1cncc(Br)c1. The number of nitrogens with one attached hydrogen (secondary N) is 4. The van der Waals surface area contributed by atoms with E-state index in [2.05, 4.69) is 77.5 Å². The second-order valence-corrected chi connectivity index (χ2v) is 36.2. The van der Waals surface area contributed by atoms with Gasteiger partial charge in [-0.2, -0.15) is 20.4 Å². The first-order chi connectivity index (χ1) is 57.5. The number of sulfone groups is 3. The maximum absolute atomic E-state index is 13.8. The van der Waals surface area contributed by atoms with Gasteiger partial charge in [0.15, 0.2) is 51.2 Å². The third-order valence-corrected chi connectivity index (χ3v) is 24.1. The van der Waals surface area contributed by atoms with Crippen LogP contribution < -0.4 is 21.3 Å². The fourth-order valence-electron chi connectivity index (χ4n) is 12.6. The Kier molecular flexibility index (Phi) is 33.1. The molecule has 12 rings (SSSR count). The monoisotopic (exact) mass is 1830 g/mol. The summed E-state index contributed by atoms with van der Waals surface area (Å²) in [6, 6.07) is 30.5. The predicted molar refractivity (Wildman–Crippen MR) is 459 cm³/mol. The maximum Gasteiger partial charge on any atom is 0.255 e. The Labute approximate surface area is 722 Å². The standard InChI is InChI=1S/C23H27ClN4O4S.C21H22ClFN4O3S.C21H22F2N4O3S.C19H18BrClN4O/c1-3-5-21(17-6-11-22(25-14-17)33(31,32)13-4-12-29)27-23(30)20-15-26-28(16(20)2)19-9-7-18(24)8-10-19;1-4-5-20(14-8-16(11-24-10-14)31(3,29)30)26-21(28)17-12-25-27(13(17)2)15-6-7-18(22)19(23)9-15;1-4-5-19(14-6-9-20(24-11-14)31(3,29)30)26-21(28)16-12-25-27(13(16)2)15-7-8-17(22)18(23)10-15;1-3-18(13-8-14(20)10-22-9-13)24-19(26)17-11-23-25(12(17)2)16-6-4-15(21)5-7-16/h6-11,14-15,21,29H,3-5,12-13H2,1-2H3,(H,27,30);6-12,20H,4-5H2,1-3H3,(H,26,28);6-12,19H,4-5H2,1-3H3,(H,26,28);4-11,18H,3H2,1-2H3,(H,24,26)/t;;;18-/m...0/s1. The molecule has 0 aliphatic carbocycles. The second-order valence-electron chi connectivity index (χ2n) is 27.9. The predicted octanol–water partition coefficient (Wildman–Crippen LogP) is 16.1. The molecule has 27 nitrogen and oxygen atoms in total. The second kappa shape index (κ2) is 42.6. The van der Waals surface area contributed by atoms with E-state index in [0.29, 0.717) is 91.1 Å². The van der Waals surface area contributed by atoms with Crippen LogP contribution in [0.4, 0.5) is 13.2 Å². The minimum absolute atomic E-state index is 0.00105. The normalized spacial score (nSPS) is 12.4. The molecule has 8 aromatic heterocycles. The summed E-state index contributed by atoms with van der Waals surface area (Å²) < 4.78 is 119. The van der Waals surface area contributed by atoms with Crippen molar-refractivity contribution in [2.75, 3.05) is 24.9 Å². The number of rotatable bonds is 29. The average Bonchev–Trinajstić information content (AvgIpc) is 1.66. The third kappa shape index (κ3) is 24.7. The Balaban J connectivity index is 0.000000184. The first-order valence-electron chi connectivity index (χ1n) is 38.0. The number of aliphatic hydroxyl groups excluding tert-OH is 1. The molecule has 0 spiro atoms. The van der Waals surface area contributed by atoms with Crippen LogP contribution in [0.15, 0.2) is 203 Å². The summed E-state index contributed by atoms with van der Waals surface area (Å²) in [6.45, 7) is 14.8. The number of hydrogen-bond acceptors (Lipinski definition) is 19. The fraction of sp³-hybridized carbons (Fsp3) is 0.286. The summed E-state index contributed by atoms with van der Waals surface area (Å²) >= 11 is 21.0. The van der Waals surface area contributed by atoms with E-state index in [4.69, 9.17) is 39.9 Å². The van der Waals surface area contributed by atoms with E-state index in [-0.39, 0.29) is 80.2 Å². The van der Waals surface area contributed by atoms with E-state index >= 15 is 0 Å². The molecule has 37 heteroatoms. The van der Waals surface area contributed by atoms with Gasteiger partial charge < -0.3 is 26.4 Å². The highest BCUT2D eigenvalue weighted by Gasteiger charge is 2.27. The van der Waals surface area contributed by atoms with Gasteiger partial charge in [-0.3, -0.25) is 29.1 Å². The first kappa shape index (κ1) is 94.0. The van der Waals surface area contributed by atoms with Crippen LogP contribution in [0.1, 0.15) is 190 Å². The van der Waals surface area contributed by atoms with Gasteiger partial charge in [0, 0.05) is 83.0 Å². The number of carbonyl (C=O) groups excluding carboxylic acids is 4. The molecule has 121 heavy (non-hydrogen) atoms. The van der Waals surface area contributed by atoms with Crippen molar-refractivity contribution in [3.63, 3.8) is 0 Å². The lowest BCUT2D eigenvalue weighted by Gasteiger charge is -2.19. The molecule has 0 bridgehead atoms. The van der Waals surface area contributed by atoms with Crippen molar-refractivity contribution in [1.82, 2.24) is 80.3 Å². The molecule has 0 aliphatic rings. The summed E-state index contributed by atoms with van der Waals surface area (Å²) in [5, 5.41) is 39.0. The molecule has 12 aromatic rings. The summed E-state index contributed by atoms with van der Waals surface area (Å²) in [6.07, 6.45) is 22.4. The summed E-state index contributed by atoms with van der Waals surface area (Å²) in [7, 11) is -10.4. The van der Waals surface area contributed by atoms with E-state index in [9.17, 15) is 57.6 Å².